The Morgan fingerprint density at radius 1 is 0.793 bits per heavy atom. The number of nitrogens with zero attached hydrogens (tertiary/aromatic N) is 1. The molecule has 148 valence electrons. The van der Waals surface area contributed by atoms with Gasteiger partial charge in [-0.25, -0.2) is 0 Å². The van der Waals surface area contributed by atoms with Gasteiger partial charge in [0.1, 0.15) is 12.4 Å². The first kappa shape index (κ1) is 20.6. The van der Waals surface area contributed by atoms with Gasteiger partial charge in [-0.05, 0) is 60.5 Å². The molecule has 0 saturated carbocycles. The molecule has 0 N–H and O–H groups in total. The highest BCUT2D eigenvalue weighted by molar-refractivity contribution is 5.99. The molecule has 0 fully saturated rings. The fourth-order valence-corrected chi connectivity index (χ4v) is 3.33. The molecule has 0 saturated heterocycles. The molecular formula is C27H29NO. The van der Waals surface area contributed by atoms with Gasteiger partial charge in [0.25, 0.3) is 0 Å². The van der Waals surface area contributed by atoms with Crippen molar-refractivity contribution in [3.8, 4) is 5.75 Å². The summed E-state index contributed by atoms with van der Waals surface area (Å²) in [6.07, 6.45) is 2.78. The van der Waals surface area contributed by atoms with E-state index < -0.39 is 0 Å². The van der Waals surface area contributed by atoms with Gasteiger partial charge in [-0.3, -0.25) is 0 Å². The number of hydrogen-bond donors (Lipinski definition) is 0. The number of allylic oxidation sites excluding steroid dienone is 2. The second-order valence-electron chi connectivity index (χ2n) is 7.25. The molecule has 2 nitrogen and oxygen atoms in total. The summed E-state index contributed by atoms with van der Waals surface area (Å²) >= 11 is 0. The molecule has 0 aliphatic rings. The van der Waals surface area contributed by atoms with Crippen LogP contribution >= 0.6 is 0 Å². The summed E-state index contributed by atoms with van der Waals surface area (Å²) in [5.74, 6) is 0.896. The molecule has 0 aromatic heterocycles. The lowest BCUT2D eigenvalue weighted by molar-refractivity contribution is 0.261. The molecule has 3 aromatic rings. The molecule has 29 heavy (non-hydrogen) atoms. The fourth-order valence-electron chi connectivity index (χ4n) is 3.33. The number of hydrogen-bond acceptors (Lipinski definition) is 2. The summed E-state index contributed by atoms with van der Waals surface area (Å²) in [4.78, 5) is 2.12. The Labute approximate surface area is 174 Å². The zero-order valence-corrected chi connectivity index (χ0v) is 17.3. The smallest absolute Gasteiger partial charge is 0.119 e. The van der Waals surface area contributed by atoms with E-state index in [1.165, 1.54) is 27.8 Å². The molecule has 0 aliphatic carbocycles. The van der Waals surface area contributed by atoms with Gasteiger partial charge in [0.2, 0.25) is 0 Å². The standard InChI is InChI=1S/C27H29NO/c1-4-11-26(22-12-7-5-8-13-22)27(23-14-9-6-10-15-23)24-16-18-25(19-17-24)29-21-20-28(2)3/h4-10,12-19H,1,11,20-21H2,2-3H3/b27-26-. The van der Waals surface area contributed by atoms with Gasteiger partial charge in [-0.15, -0.1) is 6.58 Å². The van der Waals surface area contributed by atoms with Crippen LogP contribution in [0.1, 0.15) is 23.1 Å². The minimum absolute atomic E-state index is 0.680. The van der Waals surface area contributed by atoms with E-state index in [9.17, 15) is 0 Å². The molecule has 3 rings (SSSR count). The molecule has 0 aliphatic heterocycles. The third-order valence-electron chi connectivity index (χ3n) is 4.79. The highest BCUT2D eigenvalue weighted by Crippen LogP contribution is 2.35. The van der Waals surface area contributed by atoms with Crippen molar-refractivity contribution in [1.29, 1.82) is 0 Å². The summed E-state index contributed by atoms with van der Waals surface area (Å²) in [6.45, 7) is 5.58. The third-order valence-corrected chi connectivity index (χ3v) is 4.79. The van der Waals surface area contributed by atoms with Crippen molar-refractivity contribution in [2.24, 2.45) is 0 Å². The monoisotopic (exact) mass is 383 g/mol. The molecule has 2 heteroatoms. The van der Waals surface area contributed by atoms with Crippen molar-refractivity contribution < 1.29 is 4.74 Å². The van der Waals surface area contributed by atoms with Crippen LogP contribution in [0.4, 0.5) is 0 Å². The Morgan fingerprint density at radius 3 is 1.90 bits per heavy atom. The van der Waals surface area contributed by atoms with Crippen LogP contribution < -0.4 is 4.74 Å². The SMILES string of the molecule is C=CC/C(=C(\c1ccccc1)c1ccc(OCCN(C)C)cc1)c1ccccc1. The normalized spacial score (nSPS) is 11.8. The minimum Gasteiger partial charge on any atom is -0.492 e. The maximum atomic E-state index is 5.88. The Balaban J connectivity index is 2.03. The number of likely N-dealkylation sites (N-methyl/N-ethyl adjacent to an activating group) is 1. The van der Waals surface area contributed by atoms with E-state index in [0.29, 0.717) is 6.61 Å². The molecule has 3 aromatic carbocycles. The zero-order valence-electron chi connectivity index (χ0n) is 17.3. The molecule has 0 spiro atoms. The molecule has 0 radical (unpaired) electrons. The van der Waals surface area contributed by atoms with Crippen molar-refractivity contribution >= 4 is 11.1 Å². The van der Waals surface area contributed by atoms with Gasteiger partial charge < -0.3 is 9.64 Å². The van der Waals surface area contributed by atoms with Gasteiger partial charge in [-0.2, -0.15) is 0 Å². The maximum Gasteiger partial charge on any atom is 0.119 e. The van der Waals surface area contributed by atoms with Gasteiger partial charge in [0.15, 0.2) is 0 Å². The second kappa shape index (κ2) is 10.4. The fraction of sp³-hybridized carbons (Fsp3) is 0.185. The van der Waals surface area contributed by atoms with Gasteiger partial charge in [0, 0.05) is 6.54 Å². The lowest BCUT2D eigenvalue weighted by atomic mass is 9.88. The van der Waals surface area contributed by atoms with E-state index in [2.05, 4.69) is 96.4 Å². The average Bonchev–Trinajstić information content (AvgIpc) is 2.75. The predicted octanol–water partition coefficient (Wildman–Crippen LogP) is 6.16. The van der Waals surface area contributed by atoms with Crippen LogP contribution in [-0.4, -0.2) is 32.1 Å². The van der Waals surface area contributed by atoms with E-state index in [1.54, 1.807) is 0 Å². The summed E-state index contributed by atoms with van der Waals surface area (Å²) in [7, 11) is 4.10. The second-order valence-corrected chi connectivity index (χ2v) is 7.25. The average molecular weight is 384 g/mol. The lowest BCUT2D eigenvalue weighted by Crippen LogP contribution is -2.19. The van der Waals surface area contributed by atoms with Crippen LogP contribution in [0.3, 0.4) is 0 Å². The largest absolute Gasteiger partial charge is 0.492 e. The van der Waals surface area contributed by atoms with Crippen LogP contribution in [-0.2, 0) is 0 Å². The third kappa shape index (κ3) is 5.69. The van der Waals surface area contributed by atoms with Crippen LogP contribution in [0.15, 0.2) is 97.6 Å². The Morgan fingerprint density at radius 2 is 1.34 bits per heavy atom. The van der Waals surface area contributed by atoms with E-state index in [4.69, 9.17) is 4.74 Å². The highest BCUT2D eigenvalue weighted by Gasteiger charge is 2.13. The molecule has 0 atom stereocenters. The maximum absolute atomic E-state index is 5.88. The van der Waals surface area contributed by atoms with Crippen LogP contribution in [0.2, 0.25) is 0 Å². The van der Waals surface area contributed by atoms with Crippen molar-refractivity contribution in [1.82, 2.24) is 4.90 Å². The van der Waals surface area contributed by atoms with Crippen LogP contribution in [0.5, 0.6) is 5.75 Å². The first-order valence-corrected chi connectivity index (χ1v) is 10.0. The predicted molar refractivity (Wildman–Crippen MR) is 124 cm³/mol. The van der Waals surface area contributed by atoms with Crippen molar-refractivity contribution in [2.45, 2.75) is 6.42 Å². The summed E-state index contributed by atoms with van der Waals surface area (Å²) in [5, 5.41) is 0. The quantitative estimate of drug-likeness (QED) is 0.324. The van der Waals surface area contributed by atoms with Crippen molar-refractivity contribution in [2.75, 3.05) is 27.2 Å². The molecule has 0 heterocycles. The molecule has 0 amide bonds. The van der Waals surface area contributed by atoms with E-state index in [-0.39, 0.29) is 0 Å². The molecular weight excluding hydrogens is 354 g/mol. The topological polar surface area (TPSA) is 12.5 Å². The molecule has 0 unspecified atom stereocenters. The van der Waals surface area contributed by atoms with E-state index >= 15 is 0 Å². The number of ether oxygens (including phenoxy) is 1. The Bertz CT molecular complexity index is 925. The van der Waals surface area contributed by atoms with Gasteiger partial charge >= 0.3 is 0 Å². The first-order chi connectivity index (χ1) is 14.2. The van der Waals surface area contributed by atoms with Crippen LogP contribution in [0.25, 0.3) is 11.1 Å². The Hall–Kier alpha value is -3.10. The lowest BCUT2D eigenvalue weighted by Gasteiger charge is -2.17. The zero-order chi connectivity index (χ0) is 20.5. The van der Waals surface area contributed by atoms with Gasteiger partial charge in [0.05, 0.1) is 0 Å². The Kier molecular flexibility index (Phi) is 7.43. The first-order valence-electron chi connectivity index (χ1n) is 10.0. The summed E-state index contributed by atoms with van der Waals surface area (Å²) in [6, 6.07) is 29.6. The minimum atomic E-state index is 0.680. The molecule has 0 bridgehead atoms. The van der Waals surface area contributed by atoms with Crippen molar-refractivity contribution in [3.63, 3.8) is 0 Å². The van der Waals surface area contributed by atoms with E-state index in [0.717, 1.165) is 18.7 Å². The number of rotatable bonds is 9. The van der Waals surface area contributed by atoms with E-state index in [1.807, 2.05) is 20.2 Å². The highest BCUT2D eigenvalue weighted by atomic mass is 16.5. The van der Waals surface area contributed by atoms with Crippen LogP contribution in [0, 0.1) is 0 Å². The summed E-state index contributed by atoms with van der Waals surface area (Å²) in [5.41, 5.74) is 6.11. The summed E-state index contributed by atoms with van der Waals surface area (Å²) < 4.78 is 5.88. The number of benzene rings is 3. The van der Waals surface area contributed by atoms with Gasteiger partial charge in [-0.1, -0.05) is 78.9 Å². The van der Waals surface area contributed by atoms with Crippen molar-refractivity contribution in [3.05, 3.63) is 114 Å².